The second kappa shape index (κ2) is 5.90. The van der Waals surface area contributed by atoms with Gasteiger partial charge in [0.25, 0.3) is 11.6 Å². The van der Waals surface area contributed by atoms with Crippen molar-refractivity contribution in [3.8, 4) is 0 Å². The number of hydrogen-bond donors (Lipinski definition) is 1. The minimum Gasteiger partial charge on any atom is -0.321 e. The standard InChI is InChI=1S/C13H8Cl2N2O3/c14-10-3-1-2-4-12(10)16-13(18)9-6-5-8(17(19)20)7-11(9)15/h1-7H,(H,16,18). The summed E-state index contributed by atoms with van der Waals surface area (Å²) in [7, 11) is 0. The molecule has 0 radical (unpaired) electrons. The number of rotatable bonds is 3. The lowest BCUT2D eigenvalue weighted by molar-refractivity contribution is -0.384. The van der Waals surface area contributed by atoms with Gasteiger partial charge < -0.3 is 5.32 Å². The number of carbonyl (C=O) groups is 1. The topological polar surface area (TPSA) is 72.2 Å². The molecule has 2 aromatic carbocycles. The number of carbonyl (C=O) groups excluding carboxylic acids is 1. The second-order valence-electron chi connectivity index (χ2n) is 3.86. The highest BCUT2D eigenvalue weighted by atomic mass is 35.5. The van der Waals surface area contributed by atoms with E-state index in [1.165, 1.54) is 12.1 Å². The Morgan fingerprint density at radius 1 is 1.10 bits per heavy atom. The number of benzene rings is 2. The molecule has 0 aromatic heterocycles. The van der Waals surface area contributed by atoms with Crippen LogP contribution in [-0.4, -0.2) is 10.8 Å². The Kier molecular flexibility index (Phi) is 4.22. The summed E-state index contributed by atoms with van der Waals surface area (Å²) < 4.78 is 0. The van der Waals surface area contributed by atoms with E-state index in [0.717, 1.165) is 6.07 Å². The van der Waals surface area contributed by atoms with Gasteiger partial charge in [0, 0.05) is 12.1 Å². The summed E-state index contributed by atoms with van der Waals surface area (Å²) in [6, 6.07) is 10.4. The Morgan fingerprint density at radius 2 is 1.80 bits per heavy atom. The van der Waals surface area contributed by atoms with Crippen molar-refractivity contribution in [2.45, 2.75) is 0 Å². The molecule has 0 saturated heterocycles. The summed E-state index contributed by atoms with van der Waals surface area (Å²) in [6.07, 6.45) is 0. The zero-order valence-electron chi connectivity index (χ0n) is 9.97. The Bertz CT molecular complexity index is 689. The number of hydrogen-bond acceptors (Lipinski definition) is 3. The van der Waals surface area contributed by atoms with Gasteiger partial charge in [-0.1, -0.05) is 35.3 Å². The Labute approximate surface area is 124 Å². The smallest absolute Gasteiger partial charge is 0.270 e. The van der Waals surface area contributed by atoms with Crippen LogP contribution in [0.3, 0.4) is 0 Å². The second-order valence-corrected chi connectivity index (χ2v) is 4.67. The van der Waals surface area contributed by atoms with E-state index in [4.69, 9.17) is 23.2 Å². The van der Waals surface area contributed by atoms with Gasteiger partial charge in [-0.3, -0.25) is 14.9 Å². The van der Waals surface area contributed by atoms with Gasteiger partial charge in [-0.05, 0) is 18.2 Å². The molecule has 0 bridgehead atoms. The molecule has 0 atom stereocenters. The van der Waals surface area contributed by atoms with Crippen LogP contribution in [0.5, 0.6) is 0 Å². The number of halogens is 2. The van der Waals surface area contributed by atoms with E-state index in [0.29, 0.717) is 10.7 Å². The molecule has 0 unspecified atom stereocenters. The van der Waals surface area contributed by atoms with Gasteiger partial charge in [0.05, 0.1) is 26.2 Å². The number of nitro groups is 1. The predicted molar refractivity (Wildman–Crippen MR) is 77.5 cm³/mol. The molecule has 7 heteroatoms. The molecule has 0 aliphatic rings. The molecule has 1 amide bonds. The van der Waals surface area contributed by atoms with Crippen LogP contribution >= 0.6 is 23.2 Å². The fourth-order valence-corrected chi connectivity index (χ4v) is 2.00. The molecule has 1 N–H and O–H groups in total. The quantitative estimate of drug-likeness (QED) is 0.683. The molecule has 102 valence electrons. The highest BCUT2D eigenvalue weighted by Gasteiger charge is 2.15. The normalized spacial score (nSPS) is 10.1. The lowest BCUT2D eigenvalue weighted by Crippen LogP contribution is -2.12. The zero-order valence-corrected chi connectivity index (χ0v) is 11.5. The zero-order chi connectivity index (χ0) is 14.7. The minimum absolute atomic E-state index is 0.00348. The Hall–Kier alpha value is -2.11. The van der Waals surface area contributed by atoms with Crippen LogP contribution < -0.4 is 5.32 Å². The summed E-state index contributed by atoms with van der Waals surface area (Å²) in [5.41, 5.74) is 0.398. The van der Waals surface area contributed by atoms with E-state index in [-0.39, 0.29) is 16.3 Å². The summed E-state index contributed by atoms with van der Waals surface area (Å²) >= 11 is 11.8. The maximum absolute atomic E-state index is 12.0. The molecule has 2 rings (SSSR count). The molecule has 0 saturated carbocycles. The Balaban J connectivity index is 2.26. The molecule has 5 nitrogen and oxygen atoms in total. The number of nitrogens with one attached hydrogen (secondary N) is 1. The van der Waals surface area contributed by atoms with Crippen LogP contribution in [-0.2, 0) is 0 Å². The van der Waals surface area contributed by atoms with Crippen molar-refractivity contribution in [3.05, 3.63) is 68.2 Å². The first-order chi connectivity index (χ1) is 9.49. The first-order valence-electron chi connectivity index (χ1n) is 5.49. The summed E-state index contributed by atoms with van der Waals surface area (Å²) in [4.78, 5) is 22.1. The van der Waals surface area contributed by atoms with Crippen LogP contribution in [0.2, 0.25) is 10.0 Å². The molecule has 20 heavy (non-hydrogen) atoms. The molecule has 0 heterocycles. The largest absolute Gasteiger partial charge is 0.321 e. The van der Waals surface area contributed by atoms with E-state index >= 15 is 0 Å². The van der Waals surface area contributed by atoms with Crippen LogP contribution in [0.25, 0.3) is 0 Å². The number of nitro benzene ring substituents is 1. The average Bonchev–Trinajstić information content (AvgIpc) is 2.41. The number of anilines is 1. The van der Waals surface area contributed by atoms with Crippen molar-refractivity contribution in [3.63, 3.8) is 0 Å². The van der Waals surface area contributed by atoms with Gasteiger partial charge in [-0.2, -0.15) is 0 Å². The van der Waals surface area contributed by atoms with E-state index < -0.39 is 10.8 Å². The molecule has 0 aliphatic heterocycles. The van der Waals surface area contributed by atoms with Crippen molar-refractivity contribution in [2.75, 3.05) is 5.32 Å². The molecular weight excluding hydrogens is 303 g/mol. The minimum atomic E-state index is -0.582. The fourth-order valence-electron chi connectivity index (χ4n) is 1.55. The lowest BCUT2D eigenvalue weighted by Gasteiger charge is -2.08. The number of amides is 1. The van der Waals surface area contributed by atoms with Crippen LogP contribution in [0.15, 0.2) is 42.5 Å². The molecular formula is C13H8Cl2N2O3. The molecule has 0 fully saturated rings. The molecule has 2 aromatic rings. The van der Waals surface area contributed by atoms with E-state index in [2.05, 4.69) is 5.32 Å². The fraction of sp³-hybridized carbons (Fsp3) is 0. The SMILES string of the molecule is O=C(Nc1ccccc1Cl)c1ccc([N+](=O)[O-])cc1Cl. The van der Waals surface area contributed by atoms with Crippen molar-refractivity contribution < 1.29 is 9.72 Å². The maximum Gasteiger partial charge on any atom is 0.270 e. The molecule has 0 aliphatic carbocycles. The van der Waals surface area contributed by atoms with E-state index in [9.17, 15) is 14.9 Å². The van der Waals surface area contributed by atoms with E-state index in [1.807, 2.05) is 0 Å². The first kappa shape index (κ1) is 14.3. The lowest BCUT2D eigenvalue weighted by atomic mass is 10.2. The maximum atomic E-state index is 12.0. The predicted octanol–water partition coefficient (Wildman–Crippen LogP) is 4.15. The number of para-hydroxylation sites is 1. The third-order valence-electron chi connectivity index (χ3n) is 2.53. The van der Waals surface area contributed by atoms with Crippen molar-refractivity contribution in [1.82, 2.24) is 0 Å². The third kappa shape index (κ3) is 3.07. The highest BCUT2D eigenvalue weighted by molar-refractivity contribution is 6.36. The van der Waals surface area contributed by atoms with Gasteiger partial charge in [0.2, 0.25) is 0 Å². The van der Waals surface area contributed by atoms with Crippen LogP contribution in [0.1, 0.15) is 10.4 Å². The van der Waals surface area contributed by atoms with Crippen LogP contribution in [0.4, 0.5) is 11.4 Å². The third-order valence-corrected chi connectivity index (χ3v) is 3.17. The van der Waals surface area contributed by atoms with Gasteiger partial charge in [-0.15, -0.1) is 0 Å². The average molecular weight is 311 g/mol. The summed E-state index contributed by atoms with van der Waals surface area (Å²) in [6.45, 7) is 0. The number of nitrogens with zero attached hydrogens (tertiary/aromatic N) is 1. The van der Waals surface area contributed by atoms with Crippen molar-refractivity contribution in [1.29, 1.82) is 0 Å². The van der Waals surface area contributed by atoms with E-state index in [1.54, 1.807) is 24.3 Å². The Morgan fingerprint density at radius 3 is 2.40 bits per heavy atom. The monoisotopic (exact) mass is 310 g/mol. The van der Waals surface area contributed by atoms with Gasteiger partial charge >= 0.3 is 0 Å². The van der Waals surface area contributed by atoms with Crippen molar-refractivity contribution >= 4 is 40.5 Å². The van der Waals surface area contributed by atoms with Crippen LogP contribution in [0, 0.1) is 10.1 Å². The van der Waals surface area contributed by atoms with Crippen molar-refractivity contribution in [2.24, 2.45) is 0 Å². The number of non-ortho nitro benzene ring substituents is 1. The molecule has 0 spiro atoms. The van der Waals surface area contributed by atoms with Gasteiger partial charge in [-0.25, -0.2) is 0 Å². The summed E-state index contributed by atoms with van der Waals surface area (Å²) in [5, 5.41) is 13.6. The first-order valence-corrected chi connectivity index (χ1v) is 6.24. The van der Waals surface area contributed by atoms with Gasteiger partial charge in [0.1, 0.15) is 0 Å². The highest BCUT2D eigenvalue weighted by Crippen LogP contribution is 2.25. The summed E-state index contributed by atoms with van der Waals surface area (Å²) in [5.74, 6) is -0.488. The van der Waals surface area contributed by atoms with Gasteiger partial charge in [0.15, 0.2) is 0 Å².